The van der Waals surface area contributed by atoms with E-state index in [1.165, 1.54) is 250 Å². The molecule has 0 spiro atoms. The number of likely N-dealkylation sites (N-methyl/N-ethyl adjacent to an activating group) is 1. The molecule has 0 radical (unpaired) electrons. The van der Waals surface area contributed by atoms with Crippen molar-refractivity contribution in [1.29, 1.82) is 0 Å². The van der Waals surface area contributed by atoms with Crippen molar-refractivity contribution in [1.82, 2.24) is 5.32 Å². The molecule has 406 valence electrons. The van der Waals surface area contributed by atoms with E-state index in [1.807, 2.05) is 27.2 Å². The number of amides is 1. The summed E-state index contributed by atoms with van der Waals surface area (Å²) in [6.45, 7) is 4.67. The molecule has 1 unspecified atom stereocenters. The third-order valence-corrected chi connectivity index (χ3v) is 15.0. The Bertz CT molecular complexity index is 1120. The van der Waals surface area contributed by atoms with Gasteiger partial charge in [0.05, 0.1) is 39.9 Å². The molecule has 0 aliphatic heterocycles. The van der Waals surface area contributed by atoms with Crippen LogP contribution in [0.3, 0.4) is 0 Å². The maximum absolute atomic E-state index is 12.9. The number of carbonyl (C=O) groups excluding carboxylic acids is 1. The van der Waals surface area contributed by atoms with Crippen molar-refractivity contribution in [3.8, 4) is 0 Å². The lowest BCUT2D eigenvalue weighted by atomic mass is 10.0. The van der Waals surface area contributed by atoms with Gasteiger partial charge in [0.2, 0.25) is 5.91 Å². The first kappa shape index (κ1) is 67.2. The molecule has 0 aliphatic rings. The highest BCUT2D eigenvalue weighted by Crippen LogP contribution is 2.38. The lowest BCUT2D eigenvalue weighted by Crippen LogP contribution is -2.45. The monoisotopic (exact) mass is 983 g/mol. The number of unbranched alkanes of at least 4 members (excludes halogenated alkanes) is 43. The standard InChI is InChI=1S/C59H119N2O6P/c1-6-8-10-12-14-16-18-19-20-21-22-23-24-25-26-27-28-29-30-31-32-33-34-35-36-37-38-39-40-41-43-45-47-49-51-53-59(63)60-57(56-67-68(64,65)66-55-54-61(3,4)5)58(62)52-50-48-46-44-42-17-15-13-11-9-7-2/h50,52,57-58,62H,6-49,51,53-56H2,1-5H3,(H-,60,63,64,65)/b52-50+/t57-,58+/m0/s1. The quantitative estimate of drug-likeness (QED) is 0.0272. The third kappa shape index (κ3) is 53.0. The number of phosphoric acid groups is 1. The zero-order valence-corrected chi connectivity index (χ0v) is 47.2. The maximum Gasteiger partial charge on any atom is 0.268 e. The second kappa shape index (κ2) is 51.2. The minimum Gasteiger partial charge on any atom is -0.756 e. The van der Waals surface area contributed by atoms with Gasteiger partial charge in [0.15, 0.2) is 0 Å². The third-order valence-electron chi connectivity index (χ3n) is 14.0. The van der Waals surface area contributed by atoms with Gasteiger partial charge in [0.1, 0.15) is 13.2 Å². The fourth-order valence-corrected chi connectivity index (χ4v) is 10.00. The summed E-state index contributed by atoms with van der Waals surface area (Å²) < 4.78 is 23.3. The number of carbonyl (C=O) groups is 1. The Morgan fingerprint density at radius 2 is 0.794 bits per heavy atom. The predicted octanol–water partition coefficient (Wildman–Crippen LogP) is 17.6. The molecule has 1 amide bonds. The van der Waals surface area contributed by atoms with E-state index in [1.54, 1.807) is 6.08 Å². The fraction of sp³-hybridized carbons (Fsp3) is 0.949. The van der Waals surface area contributed by atoms with E-state index in [-0.39, 0.29) is 19.1 Å². The molecule has 0 saturated heterocycles. The number of allylic oxidation sites excluding steroid dienone is 1. The Morgan fingerprint density at radius 1 is 0.500 bits per heavy atom. The van der Waals surface area contributed by atoms with E-state index in [2.05, 4.69) is 19.2 Å². The minimum absolute atomic E-state index is 0.00223. The molecule has 0 aromatic rings. The van der Waals surface area contributed by atoms with Gasteiger partial charge in [0.25, 0.3) is 7.82 Å². The van der Waals surface area contributed by atoms with Crippen LogP contribution in [0.4, 0.5) is 0 Å². The van der Waals surface area contributed by atoms with E-state index in [4.69, 9.17) is 9.05 Å². The minimum atomic E-state index is -4.59. The molecule has 68 heavy (non-hydrogen) atoms. The molecular formula is C59H119N2O6P. The van der Waals surface area contributed by atoms with Crippen LogP contribution in [0.25, 0.3) is 0 Å². The molecule has 3 atom stereocenters. The number of nitrogens with one attached hydrogen (secondary N) is 1. The van der Waals surface area contributed by atoms with E-state index >= 15 is 0 Å². The highest BCUT2D eigenvalue weighted by atomic mass is 31.2. The van der Waals surface area contributed by atoms with Crippen molar-refractivity contribution in [2.45, 2.75) is 321 Å². The molecule has 0 bridgehead atoms. The van der Waals surface area contributed by atoms with E-state index < -0.39 is 20.0 Å². The van der Waals surface area contributed by atoms with Crippen LogP contribution in [0.5, 0.6) is 0 Å². The Balaban J connectivity index is 3.86. The number of rotatable bonds is 56. The summed E-state index contributed by atoms with van der Waals surface area (Å²) in [5.74, 6) is -0.192. The first-order valence-corrected chi connectivity index (χ1v) is 31.5. The molecule has 0 aliphatic carbocycles. The summed E-state index contributed by atoms with van der Waals surface area (Å²) in [5, 5.41) is 13.8. The maximum atomic E-state index is 12.9. The lowest BCUT2D eigenvalue weighted by molar-refractivity contribution is -0.870. The van der Waals surface area contributed by atoms with Crippen molar-refractivity contribution >= 4 is 13.7 Å². The van der Waals surface area contributed by atoms with Crippen LogP contribution in [-0.4, -0.2) is 68.5 Å². The van der Waals surface area contributed by atoms with Crippen LogP contribution in [0.1, 0.15) is 309 Å². The van der Waals surface area contributed by atoms with E-state index in [0.29, 0.717) is 17.4 Å². The van der Waals surface area contributed by atoms with Gasteiger partial charge in [-0.25, -0.2) is 0 Å². The number of aliphatic hydroxyl groups excluding tert-OH is 1. The first-order valence-electron chi connectivity index (χ1n) is 30.1. The molecule has 2 N–H and O–H groups in total. The van der Waals surface area contributed by atoms with Gasteiger partial charge in [0, 0.05) is 6.42 Å². The average molecular weight is 984 g/mol. The Hall–Kier alpha value is -0.760. The van der Waals surface area contributed by atoms with Gasteiger partial charge in [-0.05, 0) is 19.3 Å². The lowest BCUT2D eigenvalue weighted by Gasteiger charge is -2.29. The number of aliphatic hydroxyl groups is 1. The second-order valence-electron chi connectivity index (χ2n) is 22.1. The molecule has 9 heteroatoms. The Morgan fingerprint density at radius 3 is 1.10 bits per heavy atom. The molecule has 0 aromatic heterocycles. The first-order chi connectivity index (χ1) is 33.0. The summed E-state index contributed by atoms with van der Waals surface area (Å²) in [5.41, 5.74) is 0. The van der Waals surface area contributed by atoms with Crippen molar-refractivity contribution in [3.63, 3.8) is 0 Å². The molecule has 0 heterocycles. The average Bonchev–Trinajstić information content (AvgIpc) is 3.30. The summed E-state index contributed by atoms with van der Waals surface area (Å²) >= 11 is 0. The fourth-order valence-electron chi connectivity index (χ4n) is 9.27. The Labute approximate surface area is 424 Å². The van der Waals surface area contributed by atoms with Gasteiger partial charge in [-0.2, -0.15) is 0 Å². The summed E-state index contributed by atoms with van der Waals surface area (Å²) in [7, 11) is 1.28. The van der Waals surface area contributed by atoms with Gasteiger partial charge in [-0.15, -0.1) is 0 Å². The zero-order chi connectivity index (χ0) is 49.9. The van der Waals surface area contributed by atoms with Crippen LogP contribution >= 0.6 is 7.82 Å². The summed E-state index contributed by atoms with van der Waals surface area (Å²) in [6.07, 6.45) is 63.3. The molecule has 8 nitrogen and oxygen atoms in total. The van der Waals surface area contributed by atoms with Crippen LogP contribution in [0.2, 0.25) is 0 Å². The SMILES string of the molecule is CCCCCCCCCCC/C=C/[C@@H](O)[C@H](COP(=O)([O-])OCC[N+](C)(C)C)NC(=O)CCCCCCCCCCCCCCCCCCCCCCCCCCCCCCCCCCCCC. The molecule has 0 rings (SSSR count). The highest BCUT2D eigenvalue weighted by molar-refractivity contribution is 7.45. The predicted molar refractivity (Wildman–Crippen MR) is 293 cm³/mol. The van der Waals surface area contributed by atoms with Crippen LogP contribution < -0.4 is 10.2 Å². The second-order valence-corrected chi connectivity index (χ2v) is 23.5. The number of nitrogens with zero attached hydrogens (tertiary/aromatic N) is 1. The van der Waals surface area contributed by atoms with Gasteiger partial charge < -0.3 is 28.8 Å². The topological polar surface area (TPSA) is 108 Å². The van der Waals surface area contributed by atoms with E-state index in [0.717, 1.165) is 38.5 Å². The van der Waals surface area contributed by atoms with Crippen LogP contribution in [0, 0.1) is 0 Å². The molecule has 0 saturated carbocycles. The van der Waals surface area contributed by atoms with Gasteiger partial charge in [-0.3, -0.25) is 9.36 Å². The smallest absolute Gasteiger partial charge is 0.268 e. The summed E-state index contributed by atoms with van der Waals surface area (Å²) in [4.78, 5) is 25.4. The highest BCUT2D eigenvalue weighted by Gasteiger charge is 2.23. The van der Waals surface area contributed by atoms with Crippen molar-refractivity contribution in [2.75, 3.05) is 40.9 Å². The number of hydrogen-bond donors (Lipinski definition) is 2. The normalized spacial score (nSPS) is 13.9. The molecular weight excluding hydrogens is 864 g/mol. The van der Waals surface area contributed by atoms with Gasteiger partial charge >= 0.3 is 0 Å². The number of phosphoric ester groups is 1. The molecule has 0 aromatic carbocycles. The zero-order valence-electron chi connectivity index (χ0n) is 46.3. The molecule has 0 fully saturated rings. The van der Waals surface area contributed by atoms with Crippen molar-refractivity contribution in [3.05, 3.63) is 12.2 Å². The van der Waals surface area contributed by atoms with E-state index in [9.17, 15) is 19.4 Å². The largest absolute Gasteiger partial charge is 0.756 e. The summed E-state index contributed by atoms with van der Waals surface area (Å²) in [6, 6.07) is -0.880. The van der Waals surface area contributed by atoms with Crippen LogP contribution in [-0.2, 0) is 18.4 Å². The van der Waals surface area contributed by atoms with Crippen LogP contribution in [0.15, 0.2) is 12.2 Å². The van der Waals surface area contributed by atoms with Crippen molar-refractivity contribution < 1.29 is 32.9 Å². The number of quaternary nitrogens is 1. The van der Waals surface area contributed by atoms with Crippen molar-refractivity contribution in [2.24, 2.45) is 0 Å². The number of hydrogen-bond acceptors (Lipinski definition) is 6. The Kier molecular flexibility index (Phi) is 50.6. The van der Waals surface area contributed by atoms with Gasteiger partial charge in [-0.1, -0.05) is 296 Å².